The van der Waals surface area contributed by atoms with Crippen molar-refractivity contribution in [2.24, 2.45) is 18.9 Å². The van der Waals surface area contributed by atoms with Crippen LogP contribution in [0.15, 0.2) is 12.3 Å². The molecule has 0 aliphatic heterocycles. The van der Waals surface area contributed by atoms with Crippen molar-refractivity contribution in [2.75, 3.05) is 6.54 Å². The average molecular weight is 265 g/mol. The molecule has 0 saturated heterocycles. The topological polar surface area (TPSA) is 84.2 Å². The number of aryl methyl sites for hydroxylation is 1. The van der Waals surface area contributed by atoms with E-state index in [9.17, 15) is 9.59 Å². The maximum absolute atomic E-state index is 11.8. The summed E-state index contributed by atoms with van der Waals surface area (Å²) in [6, 6.07) is 1.64. The van der Waals surface area contributed by atoms with E-state index < -0.39 is 5.97 Å². The van der Waals surface area contributed by atoms with Gasteiger partial charge >= 0.3 is 5.97 Å². The highest BCUT2D eigenvalue weighted by Gasteiger charge is 2.30. The van der Waals surface area contributed by atoms with Crippen molar-refractivity contribution in [1.82, 2.24) is 15.1 Å². The minimum absolute atomic E-state index is 0.0268. The van der Waals surface area contributed by atoms with Gasteiger partial charge in [0.2, 0.25) is 0 Å². The van der Waals surface area contributed by atoms with Crippen molar-refractivity contribution < 1.29 is 14.7 Å². The molecule has 104 valence electrons. The van der Waals surface area contributed by atoms with Crippen LogP contribution in [0.25, 0.3) is 0 Å². The summed E-state index contributed by atoms with van der Waals surface area (Å²) < 4.78 is 1.57. The average Bonchev–Trinajstić information content (AvgIpc) is 2.83. The van der Waals surface area contributed by atoms with Gasteiger partial charge in [-0.15, -0.1) is 0 Å². The Morgan fingerprint density at radius 1 is 1.47 bits per heavy atom. The molecule has 0 bridgehead atoms. The zero-order valence-corrected chi connectivity index (χ0v) is 11.0. The zero-order valence-electron chi connectivity index (χ0n) is 11.0. The number of aliphatic carboxylic acids is 1. The Labute approximate surface area is 111 Å². The highest BCUT2D eigenvalue weighted by molar-refractivity contribution is 5.92. The van der Waals surface area contributed by atoms with Crippen molar-refractivity contribution in [2.45, 2.75) is 25.7 Å². The monoisotopic (exact) mass is 265 g/mol. The fraction of sp³-hybridized carbons (Fsp3) is 0.615. The second kappa shape index (κ2) is 5.86. The molecule has 1 amide bonds. The lowest BCUT2D eigenvalue weighted by molar-refractivity contribution is -0.144. The minimum Gasteiger partial charge on any atom is -0.481 e. The van der Waals surface area contributed by atoms with Crippen LogP contribution < -0.4 is 5.32 Å². The van der Waals surface area contributed by atoms with Gasteiger partial charge < -0.3 is 10.4 Å². The molecule has 2 rings (SSSR count). The lowest BCUT2D eigenvalue weighted by Gasteiger charge is -2.28. The van der Waals surface area contributed by atoms with Crippen LogP contribution in [0, 0.1) is 11.8 Å². The second-order valence-corrected chi connectivity index (χ2v) is 5.07. The predicted octanol–water partition coefficient (Wildman–Crippen LogP) is 1.04. The largest absolute Gasteiger partial charge is 0.481 e. The Morgan fingerprint density at radius 2 is 2.21 bits per heavy atom. The fourth-order valence-electron chi connectivity index (χ4n) is 2.63. The van der Waals surface area contributed by atoms with Gasteiger partial charge in [-0.3, -0.25) is 14.3 Å². The summed E-state index contributed by atoms with van der Waals surface area (Å²) in [7, 11) is 1.75. The zero-order chi connectivity index (χ0) is 13.8. The second-order valence-electron chi connectivity index (χ2n) is 5.07. The van der Waals surface area contributed by atoms with E-state index in [2.05, 4.69) is 10.4 Å². The molecular formula is C13H19N3O3. The minimum atomic E-state index is -0.753. The third-order valence-corrected chi connectivity index (χ3v) is 3.70. The summed E-state index contributed by atoms with van der Waals surface area (Å²) in [5, 5.41) is 16.0. The molecule has 1 heterocycles. The number of carbonyl (C=O) groups excluding carboxylic acids is 1. The Kier molecular flexibility index (Phi) is 4.19. The molecule has 0 spiro atoms. The van der Waals surface area contributed by atoms with E-state index in [0.717, 1.165) is 19.3 Å². The van der Waals surface area contributed by atoms with E-state index in [0.29, 0.717) is 18.7 Å². The molecule has 19 heavy (non-hydrogen) atoms. The number of rotatable bonds is 4. The summed E-state index contributed by atoms with van der Waals surface area (Å²) in [5.74, 6) is -1.30. The summed E-state index contributed by atoms with van der Waals surface area (Å²) in [5.41, 5.74) is 0.366. The number of carboxylic acid groups (broad SMARTS) is 1. The first kappa shape index (κ1) is 13.6. The number of carboxylic acids is 1. The smallest absolute Gasteiger partial charge is 0.306 e. The normalized spacial score (nSPS) is 23.0. The van der Waals surface area contributed by atoms with Crippen LogP contribution in [0.3, 0.4) is 0 Å². The number of hydrogen-bond acceptors (Lipinski definition) is 3. The van der Waals surface area contributed by atoms with Crippen molar-refractivity contribution in [3.63, 3.8) is 0 Å². The Morgan fingerprint density at radius 3 is 2.84 bits per heavy atom. The van der Waals surface area contributed by atoms with Gasteiger partial charge in [-0.25, -0.2) is 0 Å². The van der Waals surface area contributed by atoms with Gasteiger partial charge in [-0.2, -0.15) is 5.10 Å². The Bertz CT molecular complexity index is 469. The van der Waals surface area contributed by atoms with Crippen LogP contribution in [-0.4, -0.2) is 33.3 Å². The van der Waals surface area contributed by atoms with Gasteiger partial charge in [0.1, 0.15) is 5.69 Å². The van der Waals surface area contributed by atoms with Crippen LogP contribution in [-0.2, 0) is 11.8 Å². The summed E-state index contributed by atoms with van der Waals surface area (Å²) in [6.07, 6.45) is 5.27. The molecule has 2 atom stereocenters. The van der Waals surface area contributed by atoms with Gasteiger partial charge in [-0.05, 0) is 24.8 Å². The first-order valence-electron chi connectivity index (χ1n) is 6.58. The van der Waals surface area contributed by atoms with Gasteiger partial charge in [0.05, 0.1) is 5.92 Å². The molecule has 0 radical (unpaired) electrons. The maximum Gasteiger partial charge on any atom is 0.306 e. The van der Waals surface area contributed by atoms with Crippen LogP contribution in [0.2, 0.25) is 0 Å². The van der Waals surface area contributed by atoms with E-state index >= 15 is 0 Å². The Balaban J connectivity index is 1.90. The molecule has 1 aliphatic carbocycles. The molecule has 6 heteroatoms. The standard InChI is InChI=1S/C13H19N3O3/c1-16-7-6-11(15-16)12(17)14-8-9-4-2-3-5-10(9)13(18)19/h6-7,9-10H,2-5,8H2,1H3,(H,14,17)(H,18,19). The van der Waals surface area contributed by atoms with Crippen molar-refractivity contribution >= 4 is 11.9 Å². The third kappa shape index (κ3) is 3.33. The molecule has 6 nitrogen and oxygen atoms in total. The first-order chi connectivity index (χ1) is 9.08. The SMILES string of the molecule is Cn1ccc(C(=O)NCC2CCCCC2C(=O)O)n1. The van der Waals surface area contributed by atoms with Crippen molar-refractivity contribution in [3.8, 4) is 0 Å². The lowest BCUT2D eigenvalue weighted by Crippen LogP contribution is -2.37. The summed E-state index contributed by atoms with van der Waals surface area (Å²) in [4.78, 5) is 23.0. The lowest BCUT2D eigenvalue weighted by atomic mass is 9.79. The molecule has 0 aromatic carbocycles. The van der Waals surface area contributed by atoms with Crippen LogP contribution >= 0.6 is 0 Å². The van der Waals surface area contributed by atoms with E-state index in [1.54, 1.807) is 24.0 Å². The molecule has 1 aliphatic rings. The highest BCUT2D eigenvalue weighted by Crippen LogP contribution is 2.29. The van der Waals surface area contributed by atoms with E-state index in [1.165, 1.54) is 0 Å². The van der Waals surface area contributed by atoms with Gasteiger partial charge in [0.25, 0.3) is 5.91 Å². The molecule has 2 unspecified atom stereocenters. The first-order valence-corrected chi connectivity index (χ1v) is 6.58. The maximum atomic E-state index is 11.8. The third-order valence-electron chi connectivity index (χ3n) is 3.70. The van der Waals surface area contributed by atoms with Crippen LogP contribution in [0.1, 0.15) is 36.2 Å². The van der Waals surface area contributed by atoms with Crippen LogP contribution in [0.4, 0.5) is 0 Å². The molecule has 1 aromatic heterocycles. The number of hydrogen-bond donors (Lipinski definition) is 2. The van der Waals surface area contributed by atoms with E-state index in [4.69, 9.17) is 5.11 Å². The molecule has 2 N–H and O–H groups in total. The van der Waals surface area contributed by atoms with Crippen molar-refractivity contribution in [3.05, 3.63) is 18.0 Å². The summed E-state index contributed by atoms with van der Waals surface area (Å²) >= 11 is 0. The molecular weight excluding hydrogens is 246 g/mol. The molecule has 1 saturated carbocycles. The highest BCUT2D eigenvalue weighted by atomic mass is 16.4. The number of nitrogens with zero attached hydrogens (tertiary/aromatic N) is 2. The fourth-order valence-corrected chi connectivity index (χ4v) is 2.63. The van der Waals surface area contributed by atoms with Crippen molar-refractivity contribution in [1.29, 1.82) is 0 Å². The predicted molar refractivity (Wildman–Crippen MR) is 68.6 cm³/mol. The van der Waals surface area contributed by atoms with Gasteiger partial charge in [0.15, 0.2) is 0 Å². The van der Waals surface area contributed by atoms with Crippen LogP contribution in [0.5, 0.6) is 0 Å². The van der Waals surface area contributed by atoms with Gasteiger partial charge in [-0.1, -0.05) is 12.8 Å². The Hall–Kier alpha value is -1.85. The quantitative estimate of drug-likeness (QED) is 0.852. The molecule has 1 aromatic rings. The number of nitrogens with one attached hydrogen (secondary N) is 1. The summed E-state index contributed by atoms with van der Waals surface area (Å²) in [6.45, 7) is 0.409. The number of amides is 1. The van der Waals surface area contributed by atoms with Gasteiger partial charge in [0, 0.05) is 19.8 Å². The number of carbonyl (C=O) groups is 2. The van der Waals surface area contributed by atoms with E-state index in [-0.39, 0.29) is 17.7 Å². The van der Waals surface area contributed by atoms with E-state index in [1.807, 2.05) is 0 Å². The number of aromatic nitrogens is 2. The molecule has 1 fully saturated rings.